The topological polar surface area (TPSA) is 78.2 Å². The fourth-order valence-corrected chi connectivity index (χ4v) is 3.39. The molecule has 4 rings (SSSR count). The minimum absolute atomic E-state index is 0.0873. The molecule has 1 saturated heterocycles. The highest BCUT2D eigenvalue weighted by atomic mass is 32.1. The lowest BCUT2D eigenvalue weighted by Gasteiger charge is -2.33. The molecule has 1 aliphatic heterocycles. The lowest BCUT2D eigenvalue weighted by Crippen LogP contribution is -2.42. The summed E-state index contributed by atoms with van der Waals surface area (Å²) >= 11 is 5.01. The van der Waals surface area contributed by atoms with Crippen LogP contribution in [-0.2, 0) is 4.74 Å². The maximum Gasteiger partial charge on any atom is 0.259 e. The van der Waals surface area contributed by atoms with E-state index in [0.29, 0.717) is 36.2 Å². The molecule has 1 aromatic heterocycles. The number of amides is 1. The van der Waals surface area contributed by atoms with Gasteiger partial charge in [-0.05, 0) is 36.0 Å². The van der Waals surface area contributed by atoms with Gasteiger partial charge < -0.3 is 14.6 Å². The highest BCUT2D eigenvalue weighted by molar-refractivity contribution is 7.71. The number of benzene rings is 2. The third-order valence-corrected chi connectivity index (χ3v) is 4.72. The maximum absolute atomic E-state index is 12.9. The molecule has 132 valence electrons. The Morgan fingerprint density at radius 2 is 1.96 bits per heavy atom. The van der Waals surface area contributed by atoms with E-state index in [9.17, 15) is 9.59 Å². The molecule has 26 heavy (non-hydrogen) atoms. The monoisotopic (exact) mass is 367 g/mol. The van der Waals surface area contributed by atoms with Gasteiger partial charge in [0.25, 0.3) is 11.5 Å². The molecule has 1 atom stereocenters. The molecule has 1 aliphatic rings. The predicted molar refractivity (Wildman–Crippen MR) is 101 cm³/mol. The Bertz CT molecular complexity index is 1070. The van der Waals surface area contributed by atoms with Crippen molar-refractivity contribution in [1.82, 2.24) is 14.9 Å². The Morgan fingerprint density at radius 3 is 2.77 bits per heavy atom. The molecular weight excluding hydrogens is 350 g/mol. The average molecular weight is 367 g/mol. The fourth-order valence-electron chi connectivity index (χ4n) is 3.19. The Kier molecular flexibility index (Phi) is 4.40. The van der Waals surface area contributed by atoms with Gasteiger partial charge in [-0.1, -0.05) is 30.3 Å². The fraction of sp³-hybridized carbons (Fsp3) is 0.211. The number of ether oxygens (including phenoxy) is 1. The van der Waals surface area contributed by atoms with E-state index in [2.05, 4.69) is 9.97 Å². The van der Waals surface area contributed by atoms with Crippen LogP contribution < -0.4 is 5.56 Å². The van der Waals surface area contributed by atoms with Crippen molar-refractivity contribution in [3.63, 3.8) is 0 Å². The van der Waals surface area contributed by atoms with Gasteiger partial charge in [-0.25, -0.2) is 0 Å². The summed E-state index contributed by atoms with van der Waals surface area (Å²) in [4.78, 5) is 32.1. The summed E-state index contributed by atoms with van der Waals surface area (Å²) in [5.41, 5.74) is 1.86. The van der Waals surface area contributed by atoms with E-state index in [4.69, 9.17) is 17.0 Å². The van der Waals surface area contributed by atoms with Gasteiger partial charge in [-0.15, -0.1) is 0 Å². The average Bonchev–Trinajstić information content (AvgIpc) is 2.67. The smallest absolute Gasteiger partial charge is 0.259 e. The third-order valence-electron chi connectivity index (χ3n) is 4.51. The van der Waals surface area contributed by atoms with Crippen molar-refractivity contribution in [2.45, 2.75) is 6.10 Å². The Balaban J connectivity index is 1.62. The molecule has 1 unspecified atom stereocenters. The number of nitrogens with zero attached hydrogens (tertiary/aromatic N) is 1. The number of carbonyl (C=O) groups excluding carboxylic acids is 1. The van der Waals surface area contributed by atoms with Crippen molar-refractivity contribution in [3.8, 4) is 0 Å². The van der Waals surface area contributed by atoms with Gasteiger partial charge in [0.1, 0.15) is 6.10 Å². The normalized spacial score (nSPS) is 17.4. The summed E-state index contributed by atoms with van der Waals surface area (Å²) < 4.78 is 6.06. The molecule has 2 heterocycles. The van der Waals surface area contributed by atoms with Gasteiger partial charge in [0, 0.05) is 12.1 Å². The summed E-state index contributed by atoms with van der Waals surface area (Å²) in [6.07, 6.45) is -0.136. The number of rotatable bonds is 2. The highest BCUT2D eigenvalue weighted by Gasteiger charge is 2.26. The minimum Gasteiger partial charge on any atom is -0.370 e. The van der Waals surface area contributed by atoms with Crippen LogP contribution in [0.4, 0.5) is 0 Å². The number of nitrogens with one attached hydrogen (secondary N) is 2. The molecule has 0 bridgehead atoms. The Labute approximate surface area is 154 Å². The second-order valence-electron chi connectivity index (χ2n) is 6.19. The van der Waals surface area contributed by atoms with Crippen LogP contribution in [0.5, 0.6) is 0 Å². The van der Waals surface area contributed by atoms with Crippen LogP contribution in [0.2, 0.25) is 0 Å². The molecular formula is C19H17N3O3S. The second-order valence-corrected chi connectivity index (χ2v) is 6.60. The molecule has 1 fully saturated rings. The largest absolute Gasteiger partial charge is 0.370 e. The molecule has 0 radical (unpaired) electrons. The van der Waals surface area contributed by atoms with Gasteiger partial charge in [0.15, 0.2) is 4.77 Å². The predicted octanol–water partition coefficient (Wildman–Crippen LogP) is 2.80. The number of H-pyrrole nitrogens is 2. The molecule has 3 aromatic rings. The second kappa shape index (κ2) is 6.86. The lowest BCUT2D eigenvalue weighted by atomic mass is 10.1. The molecule has 6 nitrogen and oxygen atoms in total. The first-order chi connectivity index (χ1) is 12.6. The summed E-state index contributed by atoms with van der Waals surface area (Å²) in [5, 5.41) is 0.472. The van der Waals surface area contributed by atoms with E-state index >= 15 is 0 Å². The van der Waals surface area contributed by atoms with Gasteiger partial charge >= 0.3 is 0 Å². The van der Waals surface area contributed by atoms with Crippen molar-refractivity contribution in [1.29, 1.82) is 0 Å². The number of hydrogen-bond donors (Lipinski definition) is 2. The number of hydrogen-bond acceptors (Lipinski definition) is 4. The zero-order chi connectivity index (χ0) is 18.1. The summed E-state index contributed by atoms with van der Waals surface area (Å²) in [6.45, 7) is 1.51. The van der Waals surface area contributed by atoms with Crippen molar-refractivity contribution < 1.29 is 9.53 Å². The van der Waals surface area contributed by atoms with Crippen LogP contribution in [0.25, 0.3) is 10.9 Å². The number of aromatic amines is 2. The lowest BCUT2D eigenvalue weighted by molar-refractivity contribution is -0.0228. The van der Waals surface area contributed by atoms with Crippen molar-refractivity contribution in [2.24, 2.45) is 0 Å². The van der Waals surface area contributed by atoms with E-state index in [1.165, 1.54) is 0 Å². The Hall–Kier alpha value is -2.77. The van der Waals surface area contributed by atoms with Crippen LogP contribution in [0.3, 0.4) is 0 Å². The molecule has 7 heteroatoms. The molecule has 0 spiro atoms. The van der Waals surface area contributed by atoms with Crippen LogP contribution in [0.15, 0.2) is 53.3 Å². The molecule has 2 N–H and O–H groups in total. The highest BCUT2D eigenvalue weighted by Crippen LogP contribution is 2.23. The molecule has 2 aromatic carbocycles. The van der Waals surface area contributed by atoms with Crippen LogP contribution in [0, 0.1) is 4.77 Å². The molecule has 0 saturated carbocycles. The zero-order valence-electron chi connectivity index (χ0n) is 13.9. The summed E-state index contributed by atoms with van der Waals surface area (Å²) in [5.74, 6) is -0.0873. The molecule has 0 aliphatic carbocycles. The van der Waals surface area contributed by atoms with Gasteiger partial charge in [-0.3, -0.25) is 14.6 Å². The Morgan fingerprint density at radius 1 is 1.15 bits per heavy atom. The van der Waals surface area contributed by atoms with E-state index in [0.717, 1.165) is 5.56 Å². The zero-order valence-corrected chi connectivity index (χ0v) is 14.7. The first-order valence-electron chi connectivity index (χ1n) is 8.34. The first kappa shape index (κ1) is 16.7. The standard InChI is InChI=1S/C19H17N3O3S/c23-17-14-7-6-13(10-15(14)20-19(26)21-17)18(24)22-8-9-25-16(11-22)12-4-2-1-3-5-12/h1-7,10,16H,8-9,11H2,(H2,20,21,23,26). The SMILES string of the molecule is O=C(c1ccc2c(=O)[nH]c(=S)[nH]c2c1)N1CCOC(c2ccccc2)C1. The number of aromatic nitrogens is 2. The van der Waals surface area contributed by atoms with E-state index < -0.39 is 0 Å². The van der Waals surface area contributed by atoms with Crippen molar-refractivity contribution in [2.75, 3.05) is 19.7 Å². The van der Waals surface area contributed by atoms with Gasteiger partial charge in [0.2, 0.25) is 0 Å². The van der Waals surface area contributed by atoms with E-state index in [-0.39, 0.29) is 22.3 Å². The van der Waals surface area contributed by atoms with Crippen LogP contribution >= 0.6 is 12.2 Å². The van der Waals surface area contributed by atoms with Gasteiger partial charge in [0.05, 0.1) is 24.1 Å². The molecule has 1 amide bonds. The number of morpholine rings is 1. The quantitative estimate of drug-likeness (QED) is 0.683. The minimum atomic E-state index is -0.265. The first-order valence-corrected chi connectivity index (χ1v) is 8.75. The maximum atomic E-state index is 12.9. The van der Waals surface area contributed by atoms with E-state index in [1.807, 2.05) is 30.3 Å². The van der Waals surface area contributed by atoms with Gasteiger partial charge in [-0.2, -0.15) is 0 Å². The number of fused-ring (bicyclic) bond motifs is 1. The summed E-state index contributed by atoms with van der Waals surface area (Å²) in [7, 11) is 0. The van der Waals surface area contributed by atoms with Crippen LogP contribution in [-0.4, -0.2) is 40.5 Å². The number of carbonyl (C=O) groups is 1. The van der Waals surface area contributed by atoms with E-state index in [1.54, 1.807) is 23.1 Å². The van der Waals surface area contributed by atoms with Crippen molar-refractivity contribution in [3.05, 3.63) is 74.8 Å². The van der Waals surface area contributed by atoms with Crippen molar-refractivity contribution >= 4 is 29.0 Å². The summed E-state index contributed by atoms with van der Waals surface area (Å²) in [6, 6.07) is 14.9. The van der Waals surface area contributed by atoms with Crippen LogP contribution in [0.1, 0.15) is 22.0 Å². The third kappa shape index (κ3) is 3.18.